The predicted molar refractivity (Wildman–Crippen MR) is 81.9 cm³/mol. The number of nitrogens with zero attached hydrogens (tertiary/aromatic N) is 3. The van der Waals surface area contributed by atoms with Crippen LogP contribution in [0.25, 0.3) is 10.9 Å². The monoisotopic (exact) mass is 258 g/mol. The minimum absolute atomic E-state index is 0.400. The van der Waals surface area contributed by atoms with Gasteiger partial charge in [-0.05, 0) is 32.4 Å². The molecule has 0 bridgehead atoms. The molecule has 0 aliphatic heterocycles. The number of rotatable bonds is 5. The van der Waals surface area contributed by atoms with Crippen LogP contribution in [0.2, 0.25) is 0 Å². The predicted octanol–water partition coefficient (Wildman–Crippen LogP) is 3.30. The Morgan fingerprint density at radius 2 is 1.95 bits per heavy atom. The van der Waals surface area contributed by atoms with E-state index in [0.29, 0.717) is 12.0 Å². The number of aromatic nitrogens is 2. The summed E-state index contributed by atoms with van der Waals surface area (Å²) >= 11 is 0. The van der Waals surface area contributed by atoms with Crippen LogP contribution in [0.5, 0.6) is 0 Å². The smallest absolute Gasteiger partial charge is 0.225 e. The van der Waals surface area contributed by atoms with Gasteiger partial charge in [0.25, 0.3) is 0 Å². The van der Waals surface area contributed by atoms with Gasteiger partial charge >= 0.3 is 0 Å². The van der Waals surface area contributed by atoms with Crippen molar-refractivity contribution in [3.63, 3.8) is 0 Å². The molecule has 2 aromatic rings. The molecule has 4 nitrogen and oxygen atoms in total. The van der Waals surface area contributed by atoms with E-state index in [9.17, 15) is 0 Å². The van der Waals surface area contributed by atoms with Gasteiger partial charge in [0.15, 0.2) is 0 Å². The molecule has 0 aliphatic carbocycles. The fourth-order valence-corrected chi connectivity index (χ4v) is 1.89. The maximum atomic E-state index is 4.66. The Bertz CT molecular complexity index is 551. The molecule has 1 heterocycles. The molecule has 102 valence electrons. The molecule has 0 unspecified atom stereocenters. The summed E-state index contributed by atoms with van der Waals surface area (Å²) in [4.78, 5) is 11.4. The molecule has 0 radical (unpaired) electrons. The summed E-state index contributed by atoms with van der Waals surface area (Å²) < 4.78 is 0. The molecular formula is C15H22N4. The van der Waals surface area contributed by atoms with Crippen molar-refractivity contribution in [3.8, 4) is 0 Å². The lowest BCUT2D eigenvalue weighted by Gasteiger charge is -2.24. The topological polar surface area (TPSA) is 41.1 Å². The van der Waals surface area contributed by atoms with E-state index in [4.69, 9.17) is 0 Å². The summed E-state index contributed by atoms with van der Waals surface area (Å²) in [6, 6.07) is 8.55. The molecule has 0 amide bonds. The molecule has 4 heteroatoms. The minimum atomic E-state index is 0.400. The minimum Gasteiger partial charge on any atom is -0.357 e. The van der Waals surface area contributed by atoms with E-state index in [2.05, 4.69) is 54.1 Å². The first-order valence-corrected chi connectivity index (χ1v) is 6.87. The van der Waals surface area contributed by atoms with E-state index in [0.717, 1.165) is 29.7 Å². The molecule has 19 heavy (non-hydrogen) atoms. The number of hydrogen-bond acceptors (Lipinski definition) is 4. The zero-order valence-corrected chi connectivity index (χ0v) is 12.1. The molecule has 2 rings (SSSR count). The van der Waals surface area contributed by atoms with Gasteiger partial charge in [-0.3, -0.25) is 0 Å². The quantitative estimate of drug-likeness (QED) is 0.893. The van der Waals surface area contributed by atoms with Crippen LogP contribution < -0.4 is 10.2 Å². The molecule has 1 aromatic carbocycles. The summed E-state index contributed by atoms with van der Waals surface area (Å²) in [6.07, 6.45) is 1.06. The number of fused-ring (bicyclic) bond motifs is 1. The Kier molecular flexibility index (Phi) is 4.20. The average Bonchev–Trinajstić information content (AvgIpc) is 2.43. The van der Waals surface area contributed by atoms with E-state index in [1.807, 2.05) is 18.2 Å². The first-order valence-electron chi connectivity index (χ1n) is 6.87. The zero-order chi connectivity index (χ0) is 13.8. The Labute approximate surface area is 114 Å². The number of anilines is 2. The number of benzene rings is 1. The van der Waals surface area contributed by atoms with E-state index in [1.165, 1.54) is 0 Å². The van der Waals surface area contributed by atoms with Crippen molar-refractivity contribution >= 4 is 22.7 Å². The average molecular weight is 258 g/mol. The third kappa shape index (κ3) is 2.95. The second-order valence-electron chi connectivity index (χ2n) is 5.02. The molecule has 1 aromatic heterocycles. The van der Waals surface area contributed by atoms with Crippen LogP contribution >= 0.6 is 0 Å². The molecule has 0 saturated carbocycles. The lowest BCUT2D eigenvalue weighted by atomic mass is 10.2. The highest BCUT2D eigenvalue weighted by molar-refractivity contribution is 5.90. The normalized spacial score (nSPS) is 11.0. The van der Waals surface area contributed by atoms with Gasteiger partial charge in [0.05, 0.1) is 5.52 Å². The second-order valence-corrected chi connectivity index (χ2v) is 5.02. The van der Waals surface area contributed by atoms with Crippen LogP contribution in [0.3, 0.4) is 0 Å². The lowest BCUT2D eigenvalue weighted by molar-refractivity contribution is 0.745. The van der Waals surface area contributed by atoms with Crippen molar-refractivity contribution in [1.29, 1.82) is 0 Å². The Morgan fingerprint density at radius 1 is 1.21 bits per heavy atom. The van der Waals surface area contributed by atoms with Gasteiger partial charge in [0, 0.05) is 25.0 Å². The summed E-state index contributed by atoms with van der Waals surface area (Å²) in [7, 11) is 2.07. The maximum Gasteiger partial charge on any atom is 0.225 e. The first-order chi connectivity index (χ1) is 9.13. The van der Waals surface area contributed by atoms with Gasteiger partial charge in [-0.15, -0.1) is 0 Å². The van der Waals surface area contributed by atoms with Crippen LogP contribution in [-0.2, 0) is 0 Å². The van der Waals surface area contributed by atoms with Crippen molar-refractivity contribution in [3.05, 3.63) is 24.3 Å². The highest BCUT2D eigenvalue weighted by Gasteiger charge is 2.13. The molecular weight excluding hydrogens is 236 g/mol. The van der Waals surface area contributed by atoms with Crippen LogP contribution in [-0.4, -0.2) is 29.6 Å². The summed E-state index contributed by atoms with van der Waals surface area (Å²) in [5.41, 5.74) is 0.985. The van der Waals surface area contributed by atoms with Gasteiger partial charge in [0.1, 0.15) is 5.82 Å². The molecule has 0 aliphatic rings. The van der Waals surface area contributed by atoms with Crippen molar-refractivity contribution in [2.45, 2.75) is 33.2 Å². The zero-order valence-electron chi connectivity index (χ0n) is 12.1. The fourth-order valence-electron chi connectivity index (χ4n) is 1.89. The number of para-hydroxylation sites is 1. The van der Waals surface area contributed by atoms with E-state index in [1.54, 1.807) is 0 Å². The molecule has 0 saturated heterocycles. The lowest BCUT2D eigenvalue weighted by Crippen LogP contribution is -2.27. The van der Waals surface area contributed by atoms with Gasteiger partial charge in [-0.1, -0.05) is 19.1 Å². The van der Waals surface area contributed by atoms with Gasteiger partial charge in [-0.25, -0.2) is 4.98 Å². The Hall–Kier alpha value is -1.84. The molecule has 0 fully saturated rings. The first kappa shape index (κ1) is 13.6. The van der Waals surface area contributed by atoms with Crippen molar-refractivity contribution in [2.75, 3.05) is 23.8 Å². The van der Waals surface area contributed by atoms with Crippen LogP contribution in [0.4, 0.5) is 11.8 Å². The molecule has 0 atom stereocenters. The second kappa shape index (κ2) is 5.87. The molecule has 0 spiro atoms. The van der Waals surface area contributed by atoms with Crippen molar-refractivity contribution in [1.82, 2.24) is 9.97 Å². The van der Waals surface area contributed by atoms with Crippen LogP contribution in [0.15, 0.2) is 24.3 Å². The highest BCUT2D eigenvalue weighted by atomic mass is 15.2. The summed E-state index contributed by atoms with van der Waals surface area (Å²) in [6.45, 7) is 7.35. The summed E-state index contributed by atoms with van der Waals surface area (Å²) in [5.74, 6) is 1.70. The maximum absolute atomic E-state index is 4.66. The third-order valence-corrected chi connectivity index (χ3v) is 3.22. The van der Waals surface area contributed by atoms with Crippen molar-refractivity contribution in [2.24, 2.45) is 0 Å². The Balaban J connectivity index is 2.51. The SMILES string of the molecule is CCCNc1nc(N(C)C(C)C)c2ccccc2n1. The largest absolute Gasteiger partial charge is 0.357 e. The van der Waals surface area contributed by atoms with Crippen LogP contribution in [0, 0.1) is 0 Å². The third-order valence-electron chi connectivity index (χ3n) is 3.22. The van der Waals surface area contributed by atoms with E-state index in [-0.39, 0.29) is 0 Å². The van der Waals surface area contributed by atoms with Gasteiger partial charge in [0.2, 0.25) is 5.95 Å². The standard InChI is InChI=1S/C15H22N4/c1-5-10-16-15-17-13-9-7-6-8-12(13)14(18-15)19(4)11(2)3/h6-9,11H,5,10H2,1-4H3,(H,16,17,18). The van der Waals surface area contributed by atoms with E-state index < -0.39 is 0 Å². The Morgan fingerprint density at radius 3 is 2.63 bits per heavy atom. The van der Waals surface area contributed by atoms with Gasteiger partial charge in [-0.2, -0.15) is 4.98 Å². The van der Waals surface area contributed by atoms with Crippen molar-refractivity contribution < 1.29 is 0 Å². The number of nitrogens with one attached hydrogen (secondary N) is 1. The van der Waals surface area contributed by atoms with Gasteiger partial charge < -0.3 is 10.2 Å². The number of hydrogen-bond donors (Lipinski definition) is 1. The highest BCUT2D eigenvalue weighted by Crippen LogP contribution is 2.25. The van der Waals surface area contributed by atoms with E-state index >= 15 is 0 Å². The molecule has 1 N–H and O–H groups in total. The summed E-state index contributed by atoms with van der Waals surface area (Å²) in [5, 5.41) is 4.37. The van der Waals surface area contributed by atoms with Crippen LogP contribution in [0.1, 0.15) is 27.2 Å². The fraction of sp³-hybridized carbons (Fsp3) is 0.467.